The van der Waals surface area contributed by atoms with E-state index >= 15 is 0 Å². The molecule has 2 rings (SSSR count). The van der Waals surface area contributed by atoms with Gasteiger partial charge in [0.2, 0.25) is 0 Å². The fraction of sp³-hybridized carbons (Fsp3) is 0.467. The lowest BCUT2D eigenvalue weighted by molar-refractivity contribution is -0.136. The number of aromatic nitrogens is 1. The third-order valence-corrected chi connectivity index (χ3v) is 3.49. The summed E-state index contributed by atoms with van der Waals surface area (Å²) in [4.78, 5) is 17.9. The third kappa shape index (κ3) is 3.29. The number of esters is 1. The molecule has 1 aliphatic rings. The van der Waals surface area contributed by atoms with E-state index in [4.69, 9.17) is 0 Å². The Morgan fingerprint density at radius 1 is 1.55 bits per heavy atom. The average molecular weight is 275 g/mol. The average Bonchev–Trinajstić information content (AvgIpc) is 2.50. The summed E-state index contributed by atoms with van der Waals surface area (Å²) >= 11 is 0. The summed E-state index contributed by atoms with van der Waals surface area (Å²) in [6.07, 6.45) is 2.80. The summed E-state index contributed by atoms with van der Waals surface area (Å²) in [5.41, 5.74) is 1.75. The van der Waals surface area contributed by atoms with Crippen molar-refractivity contribution in [2.45, 2.75) is 19.3 Å². The number of rotatable bonds is 5. The van der Waals surface area contributed by atoms with E-state index in [1.807, 2.05) is 18.0 Å². The van der Waals surface area contributed by atoms with Crippen molar-refractivity contribution >= 4 is 17.6 Å². The first-order chi connectivity index (χ1) is 9.61. The second-order valence-electron chi connectivity index (χ2n) is 4.97. The summed E-state index contributed by atoms with van der Waals surface area (Å²) < 4.78 is 4.64. The second-order valence-corrected chi connectivity index (χ2v) is 4.97. The van der Waals surface area contributed by atoms with E-state index in [0.29, 0.717) is 18.5 Å². The Hall–Kier alpha value is -2.04. The minimum atomic E-state index is -0.349. The molecule has 0 aromatic carbocycles. The van der Waals surface area contributed by atoms with Crippen LogP contribution in [-0.2, 0) is 16.0 Å². The van der Waals surface area contributed by atoms with Crippen molar-refractivity contribution in [2.24, 2.45) is 0 Å². The Morgan fingerprint density at radius 2 is 2.35 bits per heavy atom. The van der Waals surface area contributed by atoms with E-state index < -0.39 is 0 Å². The van der Waals surface area contributed by atoms with Crippen LogP contribution in [0.1, 0.15) is 18.4 Å². The van der Waals surface area contributed by atoms with Crippen LogP contribution in [0.3, 0.4) is 0 Å². The Labute approximate surface area is 119 Å². The van der Waals surface area contributed by atoms with Crippen LogP contribution in [0.15, 0.2) is 24.3 Å². The number of anilines is 2. The third-order valence-electron chi connectivity index (χ3n) is 3.49. The van der Waals surface area contributed by atoms with Crippen LogP contribution in [0.2, 0.25) is 0 Å². The predicted octanol–water partition coefficient (Wildman–Crippen LogP) is 2.00. The Bertz CT molecular complexity index is 514. The van der Waals surface area contributed by atoms with Crippen molar-refractivity contribution in [3.8, 4) is 0 Å². The molecule has 1 aromatic rings. The molecule has 0 unspecified atom stereocenters. The molecule has 1 aliphatic heterocycles. The molecule has 2 heterocycles. The lowest BCUT2D eigenvalue weighted by atomic mass is 10.1. The molecule has 5 nitrogen and oxygen atoms in total. The number of nitrogens with zero attached hydrogens (tertiary/aromatic N) is 2. The van der Waals surface area contributed by atoms with E-state index in [1.54, 1.807) is 0 Å². The van der Waals surface area contributed by atoms with Gasteiger partial charge in [-0.05, 0) is 30.9 Å². The number of methoxy groups -OCH3 is 1. The number of fused-ring (bicyclic) bond motifs is 1. The number of hydrogen-bond donors (Lipinski definition) is 1. The normalized spacial score (nSPS) is 13.1. The van der Waals surface area contributed by atoms with E-state index in [2.05, 4.69) is 27.7 Å². The monoisotopic (exact) mass is 275 g/mol. The second kappa shape index (κ2) is 6.41. The molecule has 1 aromatic heterocycles. The number of nitrogens with one attached hydrogen (secondary N) is 1. The van der Waals surface area contributed by atoms with Crippen LogP contribution in [0, 0.1) is 0 Å². The van der Waals surface area contributed by atoms with Gasteiger partial charge in [0.25, 0.3) is 0 Å². The van der Waals surface area contributed by atoms with Gasteiger partial charge in [-0.3, -0.25) is 0 Å². The maximum atomic E-state index is 11.3. The molecule has 0 saturated carbocycles. The van der Waals surface area contributed by atoms with Gasteiger partial charge in [-0.2, -0.15) is 0 Å². The molecule has 0 fully saturated rings. The zero-order chi connectivity index (χ0) is 14.5. The molecule has 0 atom stereocenters. The Kier molecular flexibility index (Phi) is 4.61. The standard InChI is InChI=1S/C15H21N3O2/c1-11(15(19)20-3)8-10-18(2)13-7-6-12-5-4-9-16-14(12)17-13/h6-7H,1,4-5,8-10H2,2-3H3,(H,16,17). The smallest absolute Gasteiger partial charge is 0.333 e. The minimum Gasteiger partial charge on any atom is -0.466 e. The Morgan fingerprint density at radius 3 is 3.10 bits per heavy atom. The van der Waals surface area contributed by atoms with Crippen LogP contribution in [0.4, 0.5) is 11.6 Å². The SMILES string of the molecule is C=C(CCN(C)c1ccc2c(n1)NCCC2)C(=O)OC. The van der Waals surface area contributed by atoms with Crippen molar-refractivity contribution in [1.29, 1.82) is 0 Å². The highest BCUT2D eigenvalue weighted by Crippen LogP contribution is 2.23. The highest BCUT2D eigenvalue weighted by molar-refractivity contribution is 5.87. The van der Waals surface area contributed by atoms with E-state index in [-0.39, 0.29) is 5.97 Å². The first kappa shape index (κ1) is 14.4. The quantitative estimate of drug-likeness (QED) is 0.658. The van der Waals surface area contributed by atoms with Crippen molar-refractivity contribution in [3.63, 3.8) is 0 Å². The topological polar surface area (TPSA) is 54.5 Å². The van der Waals surface area contributed by atoms with E-state index in [1.165, 1.54) is 12.7 Å². The molecule has 0 saturated heterocycles. The van der Waals surface area contributed by atoms with Gasteiger partial charge in [-0.25, -0.2) is 9.78 Å². The number of ether oxygens (including phenoxy) is 1. The molecule has 0 spiro atoms. The summed E-state index contributed by atoms with van der Waals surface area (Å²) in [5.74, 6) is 1.53. The summed E-state index contributed by atoms with van der Waals surface area (Å²) in [7, 11) is 3.33. The largest absolute Gasteiger partial charge is 0.466 e. The van der Waals surface area contributed by atoms with Crippen LogP contribution in [0.5, 0.6) is 0 Å². The summed E-state index contributed by atoms with van der Waals surface area (Å²) in [6.45, 7) is 5.39. The molecule has 0 amide bonds. The fourth-order valence-electron chi connectivity index (χ4n) is 2.19. The maximum absolute atomic E-state index is 11.3. The highest BCUT2D eigenvalue weighted by atomic mass is 16.5. The van der Waals surface area contributed by atoms with Crippen LogP contribution in [-0.4, -0.2) is 38.2 Å². The summed E-state index contributed by atoms with van der Waals surface area (Å²) in [6, 6.07) is 4.14. The first-order valence-corrected chi connectivity index (χ1v) is 6.83. The maximum Gasteiger partial charge on any atom is 0.333 e. The van der Waals surface area contributed by atoms with Crippen LogP contribution < -0.4 is 10.2 Å². The van der Waals surface area contributed by atoms with Crippen LogP contribution >= 0.6 is 0 Å². The molecular weight excluding hydrogens is 254 g/mol. The van der Waals surface area contributed by atoms with Crippen molar-refractivity contribution in [3.05, 3.63) is 29.8 Å². The molecule has 0 radical (unpaired) electrons. The van der Waals surface area contributed by atoms with Crippen molar-refractivity contribution in [1.82, 2.24) is 4.98 Å². The van der Waals surface area contributed by atoms with E-state index in [0.717, 1.165) is 31.0 Å². The molecule has 0 bridgehead atoms. The molecule has 5 heteroatoms. The highest BCUT2D eigenvalue weighted by Gasteiger charge is 2.13. The summed E-state index contributed by atoms with van der Waals surface area (Å²) in [5, 5.41) is 3.32. The van der Waals surface area contributed by atoms with Crippen molar-refractivity contribution in [2.75, 3.05) is 37.5 Å². The van der Waals surface area contributed by atoms with E-state index in [9.17, 15) is 4.79 Å². The van der Waals surface area contributed by atoms with Crippen LogP contribution in [0.25, 0.3) is 0 Å². The lowest BCUT2D eigenvalue weighted by Gasteiger charge is -2.22. The van der Waals surface area contributed by atoms with Gasteiger partial charge in [-0.15, -0.1) is 0 Å². The van der Waals surface area contributed by atoms with Gasteiger partial charge in [0.15, 0.2) is 0 Å². The molecular formula is C15H21N3O2. The Balaban J connectivity index is 1.97. The molecule has 108 valence electrons. The van der Waals surface area contributed by atoms with Gasteiger partial charge in [0, 0.05) is 25.7 Å². The van der Waals surface area contributed by atoms with Gasteiger partial charge < -0.3 is 15.0 Å². The number of carbonyl (C=O) groups excluding carboxylic acids is 1. The van der Waals surface area contributed by atoms with Gasteiger partial charge >= 0.3 is 5.97 Å². The molecule has 0 aliphatic carbocycles. The van der Waals surface area contributed by atoms with Gasteiger partial charge in [0.05, 0.1) is 7.11 Å². The number of pyridine rings is 1. The minimum absolute atomic E-state index is 0.349. The van der Waals surface area contributed by atoms with Gasteiger partial charge in [0.1, 0.15) is 11.6 Å². The zero-order valence-electron chi connectivity index (χ0n) is 12.1. The lowest BCUT2D eigenvalue weighted by Crippen LogP contribution is -2.23. The number of aryl methyl sites for hydroxylation is 1. The predicted molar refractivity (Wildman–Crippen MR) is 80.1 cm³/mol. The molecule has 20 heavy (non-hydrogen) atoms. The number of carbonyl (C=O) groups is 1. The van der Waals surface area contributed by atoms with Gasteiger partial charge in [-0.1, -0.05) is 12.6 Å². The fourth-order valence-corrected chi connectivity index (χ4v) is 2.19. The number of hydrogen-bond acceptors (Lipinski definition) is 5. The van der Waals surface area contributed by atoms with Crippen molar-refractivity contribution < 1.29 is 9.53 Å². The first-order valence-electron chi connectivity index (χ1n) is 6.83. The zero-order valence-corrected chi connectivity index (χ0v) is 12.1. The molecule has 1 N–H and O–H groups in total.